The number of nitrogens with zero attached hydrogens (tertiary/aromatic N) is 1. The molecule has 0 saturated carbocycles. The van der Waals surface area contributed by atoms with Gasteiger partial charge in [0.25, 0.3) is 0 Å². The molecule has 1 heterocycles. The average molecular weight is 232 g/mol. The summed E-state index contributed by atoms with van der Waals surface area (Å²) in [6.45, 7) is 2.92. The Morgan fingerprint density at radius 2 is 2.06 bits per heavy atom. The van der Waals surface area contributed by atoms with Crippen LogP contribution in [0.2, 0.25) is 0 Å². The quantitative estimate of drug-likeness (QED) is 0.748. The summed E-state index contributed by atoms with van der Waals surface area (Å²) < 4.78 is 5.28. The first-order valence-corrected chi connectivity index (χ1v) is 5.74. The van der Waals surface area contributed by atoms with Gasteiger partial charge in [-0.2, -0.15) is 0 Å². The first-order valence-electron chi connectivity index (χ1n) is 5.74. The van der Waals surface area contributed by atoms with E-state index in [-0.39, 0.29) is 6.09 Å². The van der Waals surface area contributed by atoms with E-state index in [1.54, 1.807) is 17.0 Å². The number of carbonyl (C=O) groups is 1. The average Bonchev–Trinajstić information content (AvgIpc) is 2.29. The van der Waals surface area contributed by atoms with Crippen molar-refractivity contribution in [1.29, 1.82) is 0 Å². The Bertz CT molecular complexity index is 390. The van der Waals surface area contributed by atoms with E-state index < -0.39 is 0 Å². The molecule has 0 spiro atoms. The Kier molecular flexibility index (Phi) is 4.16. The maximum Gasteiger partial charge on any atom is 0.415 e. The molecule has 1 aromatic rings. The number of hydrogen-bond acceptors (Lipinski definition) is 3. The summed E-state index contributed by atoms with van der Waals surface area (Å²) in [6.07, 6.45) is 3.69. The Morgan fingerprint density at radius 3 is 2.88 bits per heavy atom. The van der Waals surface area contributed by atoms with Gasteiger partial charge in [0.2, 0.25) is 0 Å². The van der Waals surface area contributed by atoms with Crippen molar-refractivity contribution in [1.82, 2.24) is 10.2 Å². The van der Waals surface area contributed by atoms with E-state index in [2.05, 4.69) is 5.32 Å². The molecule has 1 aliphatic rings. The Balaban J connectivity index is 1.94. The molecule has 0 saturated heterocycles. The van der Waals surface area contributed by atoms with Gasteiger partial charge >= 0.3 is 6.09 Å². The lowest BCUT2D eigenvalue weighted by atomic mass is 10.3. The standard InChI is InChI=1S/C13H16N2O2/c16-13(17-12-6-2-1-3-7-12)15-10-5-4-8-14-9-11-15/h1-7,14H,8-11H2/b5-4+. The SMILES string of the molecule is O=C(Oc1ccccc1)N1C/C=C/CNCC1. The zero-order chi connectivity index (χ0) is 11.9. The molecule has 0 unspecified atom stereocenters. The third-order valence-electron chi connectivity index (χ3n) is 2.52. The predicted octanol–water partition coefficient (Wildman–Crippen LogP) is 1.65. The summed E-state index contributed by atoms with van der Waals surface area (Å²) in [5, 5.41) is 3.20. The van der Waals surface area contributed by atoms with E-state index in [0.29, 0.717) is 18.8 Å². The van der Waals surface area contributed by atoms with Crippen LogP contribution in [0.4, 0.5) is 4.79 Å². The molecule has 0 aliphatic carbocycles. The van der Waals surface area contributed by atoms with Gasteiger partial charge in [-0.3, -0.25) is 0 Å². The summed E-state index contributed by atoms with van der Waals surface area (Å²) in [5.41, 5.74) is 0. The van der Waals surface area contributed by atoms with Crippen LogP contribution in [0.25, 0.3) is 0 Å². The molecule has 1 amide bonds. The maximum atomic E-state index is 11.9. The second kappa shape index (κ2) is 6.06. The smallest absolute Gasteiger partial charge is 0.410 e. The lowest BCUT2D eigenvalue weighted by Gasteiger charge is -2.22. The molecule has 1 aromatic carbocycles. The summed E-state index contributed by atoms with van der Waals surface area (Å²) in [6, 6.07) is 9.13. The largest absolute Gasteiger partial charge is 0.415 e. The number of amides is 1. The molecule has 17 heavy (non-hydrogen) atoms. The van der Waals surface area contributed by atoms with E-state index in [1.165, 1.54) is 0 Å². The fourth-order valence-corrected chi connectivity index (χ4v) is 1.60. The first kappa shape index (κ1) is 11.7. The number of para-hydroxylation sites is 1. The Hall–Kier alpha value is -1.81. The van der Waals surface area contributed by atoms with Crippen molar-refractivity contribution in [2.24, 2.45) is 0 Å². The van der Waals surface area contributed by atoms with E-state index in [1.807, 2.05) is 30.4 Å². The van der Waals surface area contributed by atoms with Crippen LogP contribution < -0.4 is 10.1 Å². The van der Waals surface area contributed by atoms with Crippen molar-refractivity contribution in [3.05, 3.63) is 42.5 Å². The number of carbonyl (C=O) groups excluding carboxylic acids is 1. The van der Waals surface area contributed by atoms with Crippen molar-refractivity contribution in [3.63, 3.8) is 0 Å². The minimum atomic E-state index is -0.301. The number of ether oxygens (including phenoxy) is 1. The number of rotatable bonds is 1. The van der Waals surface area contributed by atoms with Gasteiger partial charge in [0.05, 0.1) is 0 Å². The van der Waals surface area contributed by atoms with Crippen LogP contribution in [0.15, 0.2) is 42.5 Å². The van der Waals surface area contributed by atoms with E-state index in [0.717, 1.165) is 13.1 Å². The predicted molar refractivity (Wildman–Crippen MR) is 66.0 cm³/mol. The lowest BCUT2D eigenvalue weighted by Crippen LogP contribution is -2.40. The zero-order valence-corrected chi connectivity index (χ0v) is 9.63. The van der Waals surface area contributed by atoms with Gasteiger partial charge in [0.15, 0.2) is 0 Å². The van der Waals surface area contributed by atoms with Gasteiger partial charge in [0, 0.05) is 26.2 Å². The highest BCUT2D eigenvalue weighted by molar-refractivity contribution is 5.70. The fourth-order valence-electron chi connectivity index (χ4n) is 1.60. The molecule has 1 N–H and O–H groups in total. The third-order valence-corrected chi connectivity index (χ3v) is 2.52. The summed E-state index contributed by atoms with van der Waals surface area (Å²) in [4.78, 5) is 13.6. The Morgan fingerprint density at radius 1 is 1.24 bits per heavy atom. The molecule has 0 fully saturated rings. The van der Waals surface area contributed by atoms with Gasteiger partial charge in [-0.15, -0.1) is 0 Å². The van der Waals surface area contributed by atoms with Crippen LogP contribution >= 0.6 is 0 Å². The lowest BCUT2D eigenvalue weighted by molar-refractivity contribution is 0.157. The molecule has 2 rings (SSSR count). The van der Waals surface area contributed by atoms with Crippen LogP contribution in [0.3, 0.4) is 0 Å². The highest BCUT2D eigenvalue weighted by Gasteiger charge is 2.14. The van der Waals surface area contributed by atoms with Crippen LogP contribution in [0.5, 0.6) is 5.75 Å². The molecule has 0 radical (unpaired) electrons. The summed E-state index contributed by atoms with van der Waals surface area (Å²) >= 11 is 0. The van der Waals surface area contributed by atoms with Gasteiger partial charge in [-0.05, 0) is 12.1 Å². The van der Waals surface area contributed by atoms with Crippen LogP contribution in [0, 0.1) is 0 Å². The van der Waals surface area contributed by atoms with Crippen molar-refractivity contribution in [2.45, 2.75) is 0 Å². The molecule has 4 heteroatoms. The molecule has 0 atom stereocenters. The van der Waals surface area contributed by atoms with Gasteiger partial charge in [-0.25, -0.2) is 4.79 Å². The topological polar surface area (TPSA) is 41.6 Å². The van der Waals surface area contributed by atoms with Crippen molar-refractivity contribution >= 4 is 6.09 Å². The molecular weight excluding hydrogens is 216 g/mol. The monoisotopic (exact) mass is 232 g/mol. The summed E-state index contributed by atoms with van der Waals surface area (Å²) in [5.74, 6) is 0.580. The molecular formula is C13H16N2O2. The highest BCUT2D eigenvalue weighted by atomic mass is 16.6. The summed E-state index contributed by atoms with van der Waals surface area (Å²) in [7, 11) is 0. The van der Waals surface area contributed by atoms with Gasteiger partial charge in [0.1, 0.15) is 5.75 Å². The van der Waals surface area contributed by atoms with Gasteiger partial charge < -0.3 is 15.0 Å². The maximum absolute atomic E-state index is 11.9. The number of nitrogens with one attached hydrogen (secondary N) is 1. The van der Waals surface area contributed by atoms with Crippen LogP contribution in [-0.2, 0) is 0 Å². The highest BCUT2D eigenvalue weighted by Crippen LogP contribution is 2.10. The second-order valence-corrected chi connectivity index (χ2v) is 3.80. The van der Waals surface area contributed by atoms with E-state index in [9.17, 15) is 4.79 Å². The third kappa shape index (κ3) is 3.60. The van der Waals surface area contributed by atoms with Gasteiger partial charge in [-0.1, -0.05) is 30.4 Å². The van der Waals surface area contributed by atoms with Crippen molar-refractivity contribution < 1.29 is 9.53 Å². The van der Waals surface area contributed by atoms with Crippen LogP contribution in [-0.4, -0.2) is 37.2 Å². The van der Waals surface area contributed by atoms with Crippen LogP contribution in [0.1, 0.15) is 0 Å². The molecule has 0 bridgehead atoms. The second-order valence-electron chi connectivity index (χ2n) is 3.80. The normalized spacial score (nSPS) is 18.0. The van der Waals surface area contributed by atoms with E-state index >= 15 is 0 Å². The number of benzene rings is 1. The minimum Gasteiger partial charge on any atom is -0.410 e. The van der Waals surface area contributed by atoms with Crippen molar-refractivity contribution in [2.75, 3.05) is 26.2 Å². The molecule has 0 aromatic heterocycles. The minimum absolute atomic E-state index is 0.301. The zero-order valence-electron chi connectivity index (χ0n) is 9.63. The first-order chi connectivity index (χ1) is 8.36. The van der Waals surface area contributed by atoms with E-state index in [4.69, 9.17) is 4.74 Å². The van der Waals surface area contributed by atoms with Crippen molar-refractivity contribution in [3.8, 4) is 5.75 Å². The molecule has 4 nitrogen and oxygen atoms in total. The fraction of sp³-hybridized carbons (Fsp3) is 0.308. The molecule has 90 valence electrons. The number of hydrogen-bond donors (Lipinski definition) is 1. The Labute approximate surface area is 101 Å². The molecule has 1 aliphatic heterocycles.